The molecule has 0 saturated heterocycles. The molecule has 0 aliphatic rings. The molecule has 1 unspecified atom stereocenters. The summed E-state index contributed by atoms with van der Waals surface area (Å²) < 4.78 is 5.47. The summed E-state index contributed by atoms with van der Waals surface area (Å²) in [5.74, 6) is -0.281. The Morgan fingerprint density at radius 1 is 1.23 bits per heavy atom. The molecule has 0 amide bonds. The minimum absolute atomic E-state index is 0.343. The van der Waals surface area contributed by atoms with Crippen molar-refractivity contribution in [1.29, 1.82) is 5.26 Å². The second-order valence-electron chi connectivity index (χ2n) is 6.35. The summed E-state index contributed by atoms with van der Waals surface area (Å²) in [5, 5.41) is 20.8. The zero-order chi connectivity index (χ0) is 21.5. The average Bonchev–Trinajstić information content (AvgIpc) is 3.46. The van der Waals surface area contributed by atoms with Gasteiger partial charge in [0.25, 0.3) is 0 Å². The van der Waals surface area contributed by atoms with Crippen LogP contribution < -0.4 is 0 Å². The topological polar surface area (TPSA) is 74.2 Å². The van der Waals surface area contributed by atoms with Crippen LogP contribution in [0.25, 0.3) is 11.1 Å². The normalized spacial score (nSPS) is 13.3. The maximum atomic E-state index is 11.9. The SMILES string of the molecule is C=C(SC(C(=O)O)c1ccccc1)/C(C#N)=C(\C=C(/C)c1ccco1)c1cccs1. The van der Waals surface area contributed by atoms with Gasteiger partial charge in [-0.05, 0) is 47.7 Å². The van der Waals surface area contributed by atoms with E-state index in [0.29, 0.717) is 27.4 Å². The van der Waals surface area contributed by atoms with Gasteiger partial charge in [0.2, 0.25) is 0 Å². The van der Waals surface area contributed by atoms with Gasteiger partial charge in [0.15, 0.2) is 0 Å². The number of furan rings is 1. The van der Waals surface area contributed by atoms with E-state index in [0.717, 1.165) is 22.2 Å². The number of thioether (sulfide) groups is 1. The van der Waals surface area contributed by atoms with Crippen molar-refractivity contribution in [3.8, 4) is 6.07 Å². The molecule has 3 rings (SSSR count). The predicted octanol–water partition coefficient (Wildman–Crippen LogP) is 6.79. The highest BCUT2D eigenvalue weighted by molar-refractivity contribution is 8.04. The molecule has 1 atom stereocenters. The van der Waals surface area contributed by atoms with E-state index in [1.54, 1.807) is 36.6 Å². The Balaban J connectivity index is 2.03. The fourth-order valence-electron chi connectivity index (χ4n) is 2.85. The van der Waals surface area contributed by atoms with E-state index in [1.807, 2.05) is 42.6 Å². The maximum Gasteiger partial charge on any atom is 0.321 e. The molecular formula is C24H19NO3S2. The molecule has 4 nitrogen and oxygen atoms in total. The fraction of sp³-hybridized carbons (Fsp3) is 0.0833. The highest BCUT2D eigenvalue weighted by Gasteiger charge is 2.24. The molecule has 1 N–H and O–H groups in total. The summed E-state index contributed by atoms with van der Waals surface area (Å²) in [6, 6.07) is 18.7. The molecule has 150 valence electrons. The van der Waals surface area contributed by atoms with E-state index in [1.165, 1.54) is 11.3 Å². The third-order valence-corrected chi connectivity index (χ3v) is 6.41. The van der Waals surface area contributed by atoms with Crippen LogP contribution >= 0.6 is 23.1 Å². The lowest BCUT2D eigenvalue weighted by Crippen LogP contribution is -2.08. The summed E-state index contributed by atoms with van der Waals surface area (Å²) in [5.41, 5.74) is 2.53. The lowest BCUT2D eigenvalue weighted by molar-refractivity contribution is -0.136. The van der Waals surface area contributed by atoms with Gasteiger partial charge < -0.3 is 9.52 Å². The minimum atomic E-state index is -0.982. The zero-order valence-corrected chi connectivity index (χ0v) is 17.9. The Morgan fingerprint density at radius 2 is 2.00 bits per heavy atom. The van der Waals surface area contributed by atoms with Gasteiger partial charge in [-0.25, -0.2) is 0 Å². The first-order chi connectivity index (χ1) is 14.5. The van der Waals surface area contributed by atoms with Crippen LogP contribution in [0.4, 0.5) is 0 Å². The van der Waals surface area contributed by atoms with Crippen molar-refractivity contribution >= 4 is 40.2 Å². The Hall–Kier alpha value is -3.27. The number of thiophene rings is 1. The van der Waals surface area contributed by atoms with Gasteiger partial charge >= 0.3 is 5.97 Å². The molecule has 0 radical (unpaired) electrons. The van der Waals surface area contributed by atoms with Gasteiger partial charge in [0.1, 0.15) is 17.1 Å². The number of aliphatic carboxylic acids is 1. The number of carboxylic acids is 1. The minimum Gasteiger partial charge on any atom is -0.480 e. The molecule has 2 heterocycles. The first-order valence-corrected chi connectivity index (χ1v) is 10.8. The number of nitriles is 1. The molecule has 2 aromatic heterocycles. The van der Waals surface area contributed by atoms with E-state index in [9.17, 15) is 15.2 Å². The summed E-state index contributed by atoms with van der Waals surface area (Å²) in [4.78, 5) is 13.2. The number of carboxylic acid groups (broad SMARTS) is 1. The predicted molar refractivity (Wildman–Crippen MR) is 123 cm³/mol. The number of nitrogens with zero attached hydrogens (tertiary/aromatic N) is 1. The van der Waals surface area contributed by atoms with Crippen molar-refractivity contribution in [3.05, 3.63) is 106 Å². The van der Waals surface area contributed by atoms with Gasteiger partial charge in [0, 0.05) is 15.4 Å². The van der Waals surface area contributed by atoms with Crippen molar-refractivity contribution in [3.63, 3.8) is 0 Å². The van der Waals surface area contributed by atoms with Crippen LogP contribution in [0.5, 0.6) is 0 Å². The van der Waals surface area contributed by atoms with E-state index >= 15 is 0 Å². The summed E-state index contributed by atoms with van der Waals surface area (Å²) >= 11 is 2.57. The summed E-state index contributed by atoms with van der Waals surface area (Å²) in [6.07, 6.45) is 3.48. The lowest BCUT2D eigenvalue weighted by atomic mass is 10.0. The number of hydrogen-bond donors (Lipinski definition) is 1. The highest BCUT2D eigenvalue weighted by atomic mass is 32.2. The van der Waals surface area contributed by atoms with Crippen molar-refractivity contribution in [2.45, 2.75) is 12.2 Å². The standard InChI is InChI=1S/C24H19NO3S2/c1-16(21-10-6-12-28-21)14-19(22-11-7-13-29-22)20(15-25)17(2)30-23(24(26)27)18-8-4-3-5-9-18/h3-14,23H,2H2,1H3,(H,26,27)/b16-14+,20-19+. The molecular weight excluding hydrogens is 414 g/mol. The largest absolute Gasteiger partial charge is 0.480 e. The lowest BCUT2D eigenvalue weighted by Gasteiger charge is -2.15. The monoisotopic (exact) mass is 433 g/mol. The van der Waals surface area contributed by atoms with Crippen LogP contribution in [0, 0.1) is 11.3 Å². The van der Waals surface area contributed by atoms with E-state index in [-0.39, 0.29) is 0 Å². The molecule has 0 fully saturated rings. The number of hydrogen-bond acceptors (Lipinski definition) is 5. The Bertz CT molecular complexity index is 1120. The van der Waals surface area contributed by atoms with E-state index < -0.39 is 11.2 Å². The third-order valence-electron chi connectivity index (χ3n) is 4.30. The molecule has 1 aromatic carbocycles. The van der Waals surface area contributed by atoms with Crippen LogP contribution in [-0.2, 0) is 4.79 Å². The second kappa shape index (κ2) is 9.97. The molecule has 3 aromatic rings. The average molecular weight is 434 g/mol. The van der Waals surface area contributed by atoms with E-state index in [2.05, 4.69) is 12.6 Å². The van der Waals surface area contributed by atoms with Gasteiger partial charge in [0.05, 0.1) is 11.8 Å². The molecule has 6 heteroatoms. The first-order valence-electron chi connectivity index (χ1n) is 9.05. The number of carbonyl (C=O) groups is 1. The molecule has 30 heavy (non-hydrogen) atoms. The zero-order valence-electron chi connectivity index (χ0n) is 16.2. The van der Waals surface area contributed by atoms with Crippen LogP contribution in [-0.4, -0.2) is 11.1 Å². The Morgan fingerprint density at radius 3 is 2.57 bits per heavy atom. The molecule has 0 aliphatic heterocycles. The van der Waals surface area contributed by atoms with E-state index in [4.69, 9.17) is 4.42 Å². The van der Waals surface area contributed by atoms with Crippen LogP contribution in [0.15, 0.2) is 93.8 Å². The first kappa shape index (κ1) is 21.4. The van der Waals surface area contributed by atoms with Crippen LogP contribution in [0.2, 0.25) is 0 Å². The molecule has 0 saturated carbocycles. The quantitative estimate of drug-likeness (QED) is 0.312. The molecule has 0 spiro atoms. The summed E-state index contributed by atoms with van der Waals surface area (Å²) in [6.45, 7) is 5.95. The van der Waals surface area contributed by atoms with Crippen LogP contribution in [0.1, 0.15) is 28.4 Å². The molecule has 0 aliphatic carbocycles. The Kier molecular flexibility index (Phi) is 7.12. The second-order valence-corrected chi connectivity index (χ2v) is 8.50. The Labute approximate surface area is 183 Å². The van der Waals surface area contributed by atoms with Gasteiger partial charge in [-0.15, -0.1) is 23.1 Å². The highest BCUT2D eigenvalue weighted by Crippen LogP contribution is 2.40. The van der Waals surface area contributed by atoms with Crippen LogP contribution in [0.3, 0.4) is 0 Å². The van der Waals surface area contributed by atoms with Gasteiger partial charge in [-0.1, -0.05) is 43.0 Å². The number of benzene rings is 1. The number of allylic oxidation sites excluding steroid dienone is 4. The van der Waals surface area contributed by atoms with Crippen molar-refractivity contribution in [2.24, 2.45) is 0 Å². The van der Waals surface area contributed by atoms with Gasteiger partial charge in [-0.3, -0.25) is 4.79 Å². The third kappa shape index (κ3) is 5.01. The van der Waals surface area contributed by atoms with Gasteiger partial charge in [-0.2, -0.15) is 5.26 Å². The van der Waals surface area contributed by atoms with Crippen molar-refractivity contribution in [1.82, 2.24) is 0 Å². The summed E-state index contributed by atoms with van der Waals surface area (Å²) in [7, 11) is 0. The molecule has 0 bridgehead atoms. The maximum absolute atomic E-state index is 11.9. The van der Waals surface area contributed by atoms with Crippen molar-refractivity contribution < 1.29 is 14.3 Å². The fourth-order valence-corrected chi connectivity index (χ4v) is 4.55. The van der Waals surface area contributed by atoms with Crippen molar-refractivity contribution in [2.75, 3.05) is 0 Å². The smallest absolute Gasteiger partial charge is 0.321 e. The number of rotatable bonds is 8.